The van der Waals surface area contributed by atoms with Crippen LogP contribution in [0.3, 0.4) is 0 Å². The molecule has 1 fully saturated rings. The van der Waals surface area contributed by atoms with E-state index in [1.165, 1.54) is 0 Å². The third-order valence-electron chi connectivity index (χ3n) is 2.76. The molecule has 13 heavy (non-hydrogen) atoms. The number of hydrogen-bond acceptors (Lipinski definition) is 3. The highest BCUT2D eigenvalue weighted by Crippen LogP contribution is 2.27. The van der Waals surface area contributed by atoms with Gasteiger partial charge in [-0.15, -0.1) is 0 Å². The summed E-state index contributed by atoms with van der Waals surface area (Å²) in [5.74, 6) is 1.17. The van der Waals surface area contributed by atoms with Crippen LogP contribution >= 0.6 is 0 Å². The highest BCUT2D eigenvalue weighted by Gasteiger charge is 2.20. The second-order valence-corrected chi connectivity index (χ2v) is 3.75. The van der Waals surface area contributed by atoms with E-state index in [4.69, 9.17) is 16.2 Å². The summed E-state index contributed by atoms with van der Waals surface area (Å²) in [7, 11) is 0. The van der Waals surface area contributed by atoms with Crippen LogP contribution < -0.4 is 11.5 Å². The molecule has 4 N–H and O–H groups in total. The number of amides is 1. The van der Waals surface area contributed by atoms with Gasteiger partial charge in [0.1, 0.15) is 0 Å². The molecule has 0 heterocycles. The van der Waals surface area contributed by atoms with Crippen molar-refractivity contribution in [3.05, 3.63) is 0 Å². The Bertz CT molecular complexity index is 165. The molecule has 0 aromatic heterocycles. The minimum Gasteiger partial charge on any atom is -0.449 e. The standard InChI is InChI=1S/C9H18N2O2/c10-5-7-1-3-8(4-2-7)6-13-9(11)12/h7-8H,1-6,10H2,(H2,11,12). The Morgan fingerprint density at radius 2 is 1.77 bits per heavy atom. The first kappa shape index (κ1) is 10.3. The smallest absolute Gasteiger partial charge is 0.404 e. The second-order valence-electron chi connectivity index (χ2n) is 3.75. The molecule has 0 bridgehead atoms. The summed E-state index contributed by atoms with van der Waals surface area (Å²) in [5, 5.41) is 0. The number of primary amides is 1. The van der Waals surface area contributed by atoms with Crippen LogP contribution in [0.5, 0.6) is 0 Å². The molecule has 0 unspecified atom stereocenters. The van der Waals surface area contributed by atoms with Gasteiger partial charge in [-0.05, 0) is 44.1 Å². The number of carbonyl (C=O) groups excluding carboxylic acids is 1. The van der Waals surface area contributed by atoms with E-state index in [1.54, 1.807) is 0 Å². The Kier molecular flexibility index (Phi) is 4.02. The molecule has 1 aliphatic rings. The molecule has 76 valence electrons. The van der Waals surface area contributed by atoms with Crippen LogP contribution in [-0.2, 0) is 4.74 Å². The molecule has 0 saturated heterocycles. The lowest BCUT2D eigenvalue weighted by Gasteiger charge is -2.26. The lowest BCUT2D eigenvalue weighted by Crippen LogP contribution is -2.25. The highest BCUT2D eigenvalue weighted by molar-refractivity contribution is 5.64. The zero-order chi connectivity index (χ0) is 9.68. The lowest BCUT2D eigenvalue weighted by atomic mass is 9.82. The first-order valence-corrected chi connectivity index (χ1v) is 4.84. The number of carbonyl (C=O) groups is 1. The van der Waals surface area contributed by atoms with Gasteiger partial charge in [-0.3, -0.25) is 0 Å². The third-order valence-corrected chi connectivity index (χ3v) is 2.76. The Hall–Kier alpha value is -0.770. The molecule has 0 aliphatic heterocycles. The average Bonchev–Trinajstić information content (AvgIpc) is 2.15. The molecular weight excluding hydrogens is 168 g/mol. The summed E-state index contributed by atoms with van der Waals surface area (Å²) in [6.45, 7) is 1.26. The van der Waals surface area contributed by atoms with Crippen molar-refractivity contribution in [2.75, 3.05) is 13.2 Å². The van der Waals surface area contributed by atoms with E-state index in [0.717, 1.165) is 32.2 Å². The van der Waals surface area contributed by atoms with Crippen molar-refractivity contribution in [2.24, 2.45) is 23.3 Å². The van der Waals surface area contributed by atoms with Crippen LogP contribution in [0.4, 0.5) is 4.79 Å². The fourth-order valence-corrected chi connectivity index (χ4v) is 1.83. The summed E-state index contributed by atoms with van der Waals surface area (Å²) < 4.78 is 4.76. The van der Waals surface area contributed by atoms with E-state index in [9.17, 15) is 4.79 Å². The van der Waals surface area contributed by atoms with Gasteiger partial charge in [0.2, 0.25) is 0 Å². The van der Waals surface area contributed by atoms with Crippen molar-refractivity contribution in [1.29, 1.82) is 0 Å². The maximum atomic E-state index is 10.3. The number of hydrogen-bond donors (Lipinski definition) is 2. The van der Waals surface area contributed by atoms with E-state index in [0.29, 0.717) is 18.4 Å². The molecule has 1 rings (SSSR count). The monoisotopic (exact) mass is 186 g/mol. The Labute approximate surface area is 78.6 Å². The van der Waals surface area contributed by atoms with Gasteiger partial charge < -0.3 is 16.2 Å². The Morgan fingerprint density at radius 3 is 2.23 bits per heavy atom. The van der Waals surface area contributed by atoms with E-state index in [-0.39, 0.29) is 0 Å². The fourth-order valence-electron chi connectivity index (χ4n) is 1.83. The summed E-state index contributed by atoms with van der Waals surface area (Å²) in [4.78, 5) is 10.3. The maximum absolute atomic E-state index is 10.3. The van der Waals surface area contributed by atoms with Crippen LogP contribution in [-0.4, -0.2) is 19.2 Å². The topological polar surface area (TPSA) is 78.3 Å². The third kappa shape index (κ3) is 3.63. The molecule has 1 amide bonds. The molecule has 0 radical (unpaired) electrons. The van der Waals surface area contributed by atoms with E-state index < -0.39 is 6.09 Å². The quantitative estimate of drug-likeness (QED) is 0.685. The lowest BCUT2D eigenvalue weighted by molar-refractivity contribution is 0.117. The maximum Gasteiger partial charge on any atom is 0.404 e. The van der Waals surface area contributed by atoms with E-state index in [2.05, 4.69) is 0 Å². The van der Waals surface area contributed by atoms with Gasteiger partial charge >= 0.3 is 6.09 Å². The normalized spacial score (nSPS) is 28.4. The van der Waals surface area contributed by atoms with Crippen LogP contribution in [0, 0.1) is 11.8 Å². The highest BCUT2D eigenvalue weighted by atomic mass is 16.5. The molecule has 0 atom stereocenters. The fraction of sp³-hybridized carbons (Fsp3) is 0.889. The molecule has 4 nitrogen and oxygen atoms in total. The van der Waals surface area contributed by atoms with Crippen LogP contribution in [0.2, 0.25) is 0 Å². The first-order chi connectivity index (χ1) is 6.22. The Morgan fingerprint density at radius 1 is 1.23 bits per heavy atom. The predicted octanol–water partition coefficient (Wildman–Crippen LogP) is 0.847. The summed E-state index contributed by atoms with van der Waals surface area (Å²) in [6.07, 6.45) is 3.86. The van der Waals surface area contributed by atoms with E-state index >= 15 is 0 Å². The molecule has 4 heteroatoms. The number of rotatable bonds is 3. The molecular formula is C9H18N2O2. The van der Waals surface area contributed by atoms with Gasteiger partial charge in [0.15, 0.2) is 0 Å². The van der Waals surface area contributed by atoms with Crippen molar-refractivity contribution in [2.45, 2.75) is 25.7 Å². The van der Waals surface area contributed by atoms with Crippen molar-refractivity contribution in [3.63, 3.8) is 0 Å². The summed E-state index contributed by atoms with van der Waals surface area (Å²) in [5.41, 5.74) is 10.4. The van der Waals surface area contributed by atoms with Crippen molar-refractivity contribution < 1.29 is 9.53 Å². The molecule has 0 spiro atoms. The largest absolute Gasteiger partial charge is 0.449 e. The zero-order valence-electron chi connectivity index (χ0n) is 7.87. The van der Waals surface area contributed by atoms with Gasteiger partial charge in [0.05, 0.1) is 6.61 Å². The minimum absolute atomic E-state index is 0.479. The number of nitrogens with two attached hydrogens (primary N) is 2. The average molecular weight is 186 g/mol. The first-order valence-electron chi connectivity index (χ1n) is 4.84. The minimum atomic E-state index is -0.666. The van der Waals surface area contributed by atoms with Crippen LogP contribution in [0.15, 0.2) is 0 Å². The summed E-state index contributed by atoms with van der Waals surface area (Å²) >= 11 is 0. The van der Waals surface area contributed by atoms with Crippen molar-refractivity contribution in [1.82, 2.24) is 0 Å². The zero-order valence-corrected chi connectivity index (χ0v) is 7.87. The SMILES string of the molecule is NCC1CCC(COC(N)=O)CC1. The Balaban J connectivity index is 2.14. The van der Waals surface area contributed by atoms with Gasteiger partial charge in [0.25, 0.3) is 0 Å². The van der Waals surface area contributed by atoms with Gasteiger partial charge in [-0.25, -0.2) is 4.79 Å². The van der Waals surface area contributed by atoms with Gasteiger partial charge in [-0.2, -0.15) is 0 Å². The van der Waals surface area contributed by atoms with Crippen LogP contribution in [0.25, 0.3) is 0 Å². The van der Waals surface area contributed by atoms with Gasteiger partial charge in [-0.1, -0.05) is 0 Å². The second kappa shape index (κ2) is 5.07. The number of ether oxygens (including phenoxy) is 1. The molecule has 1 saturated carbocycles. The molecule has 0 aromatic rings. The van der Waals surface area contributed by atoms with E-state index in [1.807, 2.05) is 0 Å². The molecule has 1 aliphatic carbocycles. The molecule has 0 aromatic carbocycles. The van der Waals surface area contributed by atoms with Crippen LogP contribution in [0.1, 0.15) is 25.7 Å². The predicted molar refractivity (Wildman–Crippen MR) is 50.0 cm³/mol. The summed E-state index contributed by atoms with van der Waals surface area (Å²) in [6, 6.07) is 0. The van der Waals surface area contributed by atoms with Crippen molar-refractivity contribution >= 4 is 6.09 Å². The van der Waals surface area contributed by atoms with Crippen molar-refractivity contribution in [3.8, 4) is 0 Å². The van der Waals surface area contributed by atoms with Gasteiger partial charge in [0, 0.05) is 0 Å².